The van der Waals surface area contributed by atoms with Gasteiger partial charge in [-0.05, 0) is 18.9 Å². The summed E-state index contributed by atoms with van der Waals surface area (Å²) in [5, 5.41) is 2.80. The SMILES string of the molecule is CCCCC(=O)N[C@H](C)C(=O)N1CCOC(c2ccccc2)C1. The number of rotatable bonds is 6. The van der Waals surface area contributed by atoms with Crippen molar-refractivity contribution in [2.45, 2.75) is 45.3 Å². The topological polar surface area (TPSA) is 58.6 Å². The lowest BCUT2D eigenvalue weighted by molar-refractivity contribution is -0.142. The minimum Gasteiger partial charge on any atom is -0.370 e. The predicted octanol–water partition coefficient (Wildman–Crippen LogP) is 2.28. The normalized spacial score (nSPS) is 19.2. The third-order valence-electron chi connectivity index (χ3n) is 4.05. The maximum absolute atomic E-state index is 12.5. The van der Waals surface area contributed by atoms with Crippen LogP contribution in [-0.4, -0.2) is 42.5 Å². The first kappa shape index (κ1) is 17.5. The Hall–Kier alpha value is -1.88. The fraction of sp³-hybridized carbons (Fsp3) is 0.556. The highest BCUT2D eigenvalue weighted by atomic mass is 16.5. The van der Waals surface area contributed by atoms with E-state index in [1.165, 1.54) is 0 Å². The van der Waals surface area contributed by atoms with E-state index in [1.54, 1.807) is 11.8 Å². The van der Waals surface area contributed by atoms with Crippen LogP contribution in [0.2, 0.25) is 0 Å². The van der Waals surface area contributed by atoms with Gasteiger partial charge in [0.25, 0.3) is 0 Å². The minimum absolute atomic E-state index is 0.0425. The van der Waals surface area contributed by atoms with E-state index in [9.17, 15) is 9.59 Å². The molecule has 1 aliphatic heterocycles. The molecule has 1 N–H and O–H groups in total. The van der Waals surface area contributed by atoms with Crippen molar-refractivity contribution in [3.05, 3.63) is 35.9 Å². The van der Waals surface area contributed by atoms with Crippen LogP contribution < -0.4 is 5.32 Å². The molecule has 1 heterocycles. The maximum atomic E-state index is 12.5. The van der Waals surface area contributed by atoms with Gasteiger partial charge in [0.05, 0.1) is 13.2 Å². The van der Waals surface area contributed by atoms with Gasteiger partial charge in [-0.1, -0.05) is 43.7 Å². The third-order valence-corrected chi connectivity index (χ3v) is 4.05. The van der Waals surface area contributed by atoms with E-state index in [4.69, 9.17) is 4.74 Å². The molecule has 0 aromatic heterocycles. The van der Waals surface area contributed by atoms with Gasteiger partial charge in [-0.15, -0.1) is 0 Å². The zero-order chi connectivity index (χ0) is 16.7. The van der Waals surface area contributed by atoms with Gasteiger partial charge in [-0.3, -0.25) is 9.59 Å². The zero-order valence-electron chi connectivity index (χ0n) is 14.0. The molecule has 5 nitrogen and oxygen atoms in total. The van der Waals surface area contributed by atoms with Crippen molar-refractivity contribution in [2.75, 3.05) is 19.7 Å². The van der Waals surface area contributed by atoms with E-state index in [0.717, 1.165) is 18.4 Å². The Morgan fingerprint density at radius 2 is 2.09 bits per heavy atom. The Balaban J connectivity index is 1.90. The molecule has 1 aromatic rings. The van der Waals surface area contributed by atoms with Crippen molar-refractivity contribution in [3.63, 3.8) is 0 Å². The number of hydrogen-bond donors (Lipinski definition) is 1. The van der Waals surface area contributed by atoms with Crippen LogP contribution in [0.4, 0.5) is 0 Å². The average molecular weight is 318 g/mol. The van der Waals surface area contributed by atoms with Crippen molar-refractivity contribution < 1.29 is 14.3 Å². The van der Waals surface area contributed by atoms with Crippen LogP contribution in [0.15, 0.2) is 30.3 Å². The number of carbonyl (C=O) groups excluding carboxylic acids is 2. The van der Waals surface area contributed by atoms with E-state index < -0.39 is 6.04 Å². The number of benzene rings is 1. The molecule has 126 valence electrons. The van der Waals surface area contributed by atoms with Crippen molar-refractivity contribution in [2.24, 2.45) is 0 Å². The van der Waals surface area contributed by atoms with Crippen LogP contribution >= 0.6 is 0 Å². The number of hydrogen-bond acceptors (Lipinski definition) is 3. The molecule has 1 aliphatic rings. The fourth-order valence-corrected chi connectivity index (χ4v) is 2.71. The van der Waals surface area contributed by atoms with Crippen molar-refractivity contribution in [3.8, 4) is 0 Å². The summed E-state index contributed by atoms with van der Waals surface area (Å²) < 4.78 is 5.78. The second kappa shape index (κ2) is 8.67. The van der Waals surface area contributed by atoms with Crippen LogP contribution in [0.25, 0.3) is 0 Å². The largest absolute Gasteiger partial charge is 0.370 e. The van der Waals surface area contributed by atoms with Crippen molar-refractivity contribution in [1.82, 2.24) is 10.2 Å². The quantitative estimate of drug-likeness (QED) is 0.875. The lowest BCUT2D eigenvalue weighted by Gasteiger charge is -2.34. The Kier molecular flexibility index (Phi) is 6.59. The van der Waals surface area contributed by atoms with Gasteiger partial charge in [-0.25, -0.2) is 0 Å². The van der Waals surface area contributed by atoms with Gasteiger partial charge in [0.2, 0.25) is 11.8 Å². The van der Waals surface area contributed by atoms with Gasteiger partial charge in [0.1, 0.15) is 12.1 Å². The van der Waals surface area contributed by atoms with Crippen LogP contribution in [-0.2, 0) is 14.3 Å². The number of unbranched alkanes of at least 4 members (excludes halogenated alkanes) is 1. The van der Waals surface area contributed by atoms with Crippen molar-refractivity contribution in [1.29, 1.82) is 0 Å². The molecule has 5 heteroatoms. The number of carbonyl (C=O) groups is 2. The molecule has 2 amide bonds. The summed E-state index contributed by atoms with van der Waals surface area (Å²) in [6.07, 6.45) is 2.19. The maximum Gasteiger partial charge on any atom is 0.245 e. The Bertz CT molecular complexity index is 518. The summed E-state index contributed by atoms with van der Waals surface area (Å²) in [5.41, 5.74) is 1.07. The number of nitrogens with zero attached hydrogens (tertiary/aromatic N) is 1. The number of morpholine rings is 1. The van der Waals surface area contributed by atoms with Crippen LogP contribution in [0.1, 0.15) is 44.8 Å². The smallest absolute Gasteiger partial charge is 0.245 e. The first-order valence-corrected chi connectivity index (χ1v) is 8.36. The first-order chi connectivity index (χ1) is 11.1. The average Bonchev–Trinajstić information content (AvgIpc) is 2.60. The summed E-state index contributed by atoms with van der Waals surface area (Å²) in [4.78, 5) is 26.1. The molecule has 1 fully saturated rings. The molecule has 2 rings (SSSR count). The van der Waals surface area contributed by atoms with Gasteiger partial charge in [0.15, 0.2) is 0 Å². The number of ether oxygens (including phenoxy) is 1. The van der Waals surface area contributed by atoms with Crippen LogP contribution in [0.3, 0.4) is 0 Å². The Morgan fingerprint density at radius 1 is 1.35 bits per heavy atom. The van der Waals surface area contributed by atoms with E-state index in [2.05, 4.69) is 5.32 Å². The fourth-order valence-electron chi connectivity index (χ4n) is 2.71. The lowest BCUT2D eigenvalue weighted by atomic mass is 10.1. The highest BCUT2D eigenvalue weighted by Gasteiger charge is 2.28. The molecule has 0 aliphatic carbocycles. The van der Waals surface area contributed by atoms with Gasteiger partial charge in [-0.2, -0.15) is 0 Å². The van der Waals surface area contributed by atoms with E-state index in [1.807, 2.05) is 37.3 Å². The lowest BCUT2D eigenvalue weighted by Crippen LogP contribution is -2.51. The van der Waals surface area contributed by atoms with Crippen molar-refractivity contribution >= 4 is 11.8 Å². The highest BCUT2D eigenvalue weighted by Crippen LogP contribution is 2.22. The summed E-state index contributed by atoms with van der Waals surface area (Å²) in [5.74, 6) is -0.0975. The highest BCUT2D eigenvalue weighted by molar-refractivity contribution is 5.87. The Labute approximate surface area is 138 Å². The van der Waals surface area contributed by atoms with Gasteiger partial charge < -0.3 is 15.0 Å². The van der Waals surface area contributed by atoms with E-state index in [-0.39, 0.29) is 17.9 Å². The molecule has 0 bridgehead atoms. The van der Waals surface area contributed by atoms with Crippen LogP contribution in [0, 0.1) is 0 Å². The molecule has 0 radical (unpaired) electrons. The summed E-state index contributed by atoms with van der Waals surface area (Å²) in [6, 6.07) is 9.42. The van der Waals surface area contributed by atoms with Crippen LogP contribution in [0.5, 0.6) is 0 Å². The molecular formula is C18H26N2O3. The molecule has 1 unspecified atom stereocenters. The molecule has 2 atom stereocenters. The summed E-state index contributed by atoms with van der Waals surface area (Å²) in [7, 11) is 0. The number of amides is 2. The van der Waals surface area contributed by atoms with Gasteiger partial charge in [0, 0.05) is 13.0 Å². The molecule has 23 heavy (non-hydrogen) atoms. The molecule has 1 saturated heterocycles. The third kappa shape index (κ3) is 5.06. The summed E-state index contributed by atoms with van der Waals surface area (Å²) >= 11 is 0. The standard InChI is InChI=1S/C18H26N2O3/c1-3-4-10-17(21)19-14(2)18(22)20-11-12-23-16(13-20)15-8-6-5-7-9-15/h5-9,14,16H,3-4,10-13H2,1-2H3,(H,19,21)/t14-,16?/m1/s1. The van der Waals surface area contributed by atoms with Gasteiger partial charge >= 0.3 is 0 Å². The second-order valence-corrected chi connectivity index (χ2v) is 5.95. The first-order valence-electron chi connectivity index (χ1n) is 8.36. The molecular weight excluding hydrogens is 292 g/mol. The predicted molar refractivity (Wildman–Crippen MR) is 88.8 cm³/mol. The summed E-state index contributed by atoms with van der Waals surface area (Å²) in [6.45, 7) is 5.40. The van der Waals surface area contributed by atoms with E-state index in [0.29, 0.717) is 26.1 Å². The zero-order valence-corrected chi connectivity index (χ0v) is 14.0. The minimum atomic E-state index is -0.492. The van der Waals surface area contributed by atoms with E-state index >= 15 is 0 Å². The Morgan fingerprint density at radius 3 is 2.78 bits per heavy atom. The second-order valence-electron chi connectivity index (χ2n) is 5.95. The number of nitrogens with one attached hydrogen (secondary N) is 1. The molecule has 1 aromatic carbocycles. The monoisotopic (exact) mass is 318 g/mol. The molecule has 0 spiro atoms. The molecule has 0 saturated carbocycles.